The van der Waals surface area contributed by atoms with E-state index in [0.717, 1.165) is 34.4 Å². The number of hydrogen-bond acceptors (Lipinski definition) is 5. The Morgan fingerprint density at radius 2 is 2.13 bits per heavy atom. The van der Waals surface area contributed by atoms with Gasteiger partial charge in [0.1, 0.15) is 18.5 Å². The summed E-state index contributed by atoms with van der Waals surface area (Å²) in [7, 11) is 1.97. The number of anilines is 1. The number of aromatic nitrogens is 6. The Labute approximate surface area is 181 Å². The van der Waals surface area contributed by atoms with Crippen LogP contribution in [0.1, 0.15) is 41.5 Å². The van der Waals surface area contributed by atoms with E-state index in [1.807, 2.05) is 29.8 Å². The van der Waals surface area contributed by atoms with Gasteiger partial charge in [-0.25, -0.2) is 9.50 Å². The molecule has 0 spiro atoms. The number of fused-ring (bicyclic) bond motifs is 1. The summed E-state index contributed by atoms with van der Waals surface area (Å²) in [4.78, 5) is 17.2. The second-order valence-electron chi connectivity index (χ2n) is 8.00. The lowest BCUT2D eigenvalue weighted by Gasteiger charge is -2.46. The average Bonchev–Trinajstić information content (AvgIpc) is 3.33. The number of hydrogen-bond donors (Lipinski definition) is 1. The van der Waals surface area contributed by atoms with Crippen molar-refractivity contribution in [2.75, 3.05) is 5.32 Å². The van der Waals surface area contributed by atoms with Gasteiger partial charge in [-0.2, -0.15) is 5.10 Å². The SMILES string of the molecule is CC1CC(c2cccc(NC(=O)c3cc(Br)cn4ncnc34)c2)(c2nncn2C)C1. The molecule has 0 unspecified atom stereocenters. The summed E-state index contributed by atoms with van der Waals surface area (Å²) in [6.45, 7) is 2.25. The Bertz CT molecular complexity index is 1260. The van der Waals surface area contributed by atoms with E-state index in [9.17, 15) is 4.79 Å². The molecule has 8 nitrogen and oxygen atoms in total. The first-order chi connectivity index (χ1) is 14.5. The predicted octanol–water partition coefficient (Wildman–Crippen LogP) is 3.59. The first-order valence-corrected chi connectivity index (χ1v) is 10.5. The monoisotopic (exact) mass is 465 g/mol. The molecule has 1 fully saturated rings. The predicted molar refractivity (Wildman–Crippen MR) is 115 cm³/mol. The first-order valence-electron chi connectivity index (χ1n) is 9.71. The van der Waals surface area contributed by atoms with Gasteiger partial charge in [0, 0.05) is 23.4 Å². The fourth-order valence-corrected chi connectivity index (χ4v) is 4.97. The molecule has 4 aromatic rings. The third-order valence-corrected chi connectivity index (χ3v) is 6.23. The van der Waals surface area contributed by atoms with Gasteiger partial charge in [0.2, 0.25) is 0 Å². The van der Waals surface area contributed by atoms with Crippen molar-refractivity contribution in [3.8, 4) is 0 Å². The number of aryl methyl sites for hydroxylation is 1. The topological polar surface area (TPSA) is 90.0 Å². The summed E-state index contributed by atoms with van der Waals surface area (Å²) in [6, 6.07) is 9.76. The molecule has 5 rings (SSSR count). The minimum absolute atomic E-state index is 0.179. The van der Waals surface area contributed by atoms with Crippen LogP contribution in [-0.4, -0.2) is 35.3 Å². The number of benzene rings is 1. The molecular weight excluding hydrogens is 446 g/mol. The summed E-state index contributed by atoms with van der Waals surface area (Å²) in [5.74, 6) is 1.34. The Kier molecular flexibility index (Phi) is 4.43. The Hall–Kier alpha value is -3.07. The van der Waals surface area contributed by atoms with Crippen LogP contribution >= 0.6 is 15.9 Å². The third-order valence-electron chi connectivity index (χ3n) is 5.79. The van der Waals surface area contributed by atoms with E-state index in [1.54, 1.807) is 23.1 Å². The van der Waals surface area contributed by atoms with Crippen molar-refractivity contribution in [3.05, 3.63) is 70.6 Å². The van der Waals surface area contributed by atoms with E-state index in [4.69, 9.17) is 0 Å². The van der Waals surface area contributed by atoms with Crippen molar-refractivity contribution in [1.82, 2.24) is 29.4 Å². The smallest absolute Gasteiger partial charge is 0.259 e. The van der Waals surface area contributed by atoms with Gasteiger partial charge in [-0.05, 0) is 58.5 Å². The number of pyridine rings is 1. The van der Waals surface area contributed by atoms with Gasteiger partial charge in [0.25, 0.3) is 5.91 Å². The molecule has 1 N–H and O–H groups in total. The minimum atomic E-state index is -0.235. The maximum absolute atomic E-state index is 13.0. The molecule has 1 aliphatic rings. The molecule has 0 radical (unpaired) electrons. The van der Waals surface area contributed by atoms with Crippen LogP contribution in [0.5, 0.6) is 0 Å². The summed E-state index contributed by atoms with van der Waals surface area (Å²) >= 11 is 3.43. The van der Waals surface area contributed by atoms with Gasteiger partial charge in [0.05, 0.1) is 11.0 Å². The number of rotatable bonds is 4. The zero-order chi connectivity index (χ0) is 20.9. The number of nitrogens with one attached hydrogen (secondary N) is 1. The molecule has 0 atom stereocenters. The second kappa shape index (κ2) is 7.02. The highest BCUT2D eigenvalue weighted by Crippen LogP contribution is 2.51. The van der Waals surface area contributed by atoms with E-state index in [1.165, 1.54) is 6.33 Å². The molecule has 3 aromatic heterocycles. The quantitative estimate of drug-likeness (QED) is 0.497. The zero-order valence-corrected chi connectivity index (χ0v) is 18.2. The Morgan fingerprint density at radius 1 is 1.30 bits per heavy atom. The van der Waals surface area contributed by atoms with Gasteiger partial charge in [-0.3, -0.25) is 4.79 Å². The van der Waals surface area contributed by atoms with Crippen molar-refractivity contribution in [1.29, 1.82) is 0 Å². The van der Waals surface area contributed by atoms with Crippen molar-refractivity contribution in [3.63, 3.8) is 0 Å². The molecule has 3 heterocycles. The lowest BCUT2D eigenvalue weighted by Crippen LogP contribution is -2.43. The third kappa shape index (κ3) is 3.00. The molecule has 30 heavy (non-hydrogen) atoms. The van der Waals surface area contributed by atoms with E-state index in [2.05, 4.69) is 54.5 Å². The van der Waals surface area contributed by atoms with E-state index < -0.39 is 0 Å². The molecule has 0 saturated heterocycles. The molecule has 1 aliphatic carbocycles. The molecular formula is C21H20BrN7O. The van der Waals surface area contributed by atoms with Crippen LogP contribution in [0.25, 0.3) is 5.65 Å². The fraction of sp³-hybridized carbons (Fsp3) is 0.286. The van der Waals surface area contributed by atoms with Crippen LogP contribution in [0, 0.1) is 5.92 Å². The van der Waals surface area contributed by atoms with Crippen molar-refractivity contribution >= 4 is 33.2 Å². The molecule has 1 aromatic carbocycles. The van der Waals surface area contributed by atoms with E-state index >= 15 is 0 Å². The highest BCUT2D eigenvalue weighted by Gasteiger charge is 2.48. The summed E-state index contributed by atoms with van der Waals surface area (Å²) < 4.78 is 4.32. The van der Waals surface area contributed by atoms with Gasteiger partial charge >= 0.3 is 0 Å². The summed E-state index contributed by atoms with van der Waals surface area (Å²) in [5, 5.41) is 15.6. The highest BCUT2D eigenvalue weighted by molar-refractivity contribution is 9.10. The number of amides is 1. The van der Waals surface area contributed by atoms with Crippen molar-refractivity contribution < 1.29 is 4.79 Å². The van der Waals surface area contributed by atoms with Crippen LogP contribution in [0.3, 0.4) is 0 Å². The molecule has 1 amide bonds. The van der Waals surface area contributed by atoms with Gasteiger partial charge < -0.3 is 9.88 Å². The lowest BCUT2D eigenvalue weighted by atomic mass is 9.58. The number of carbonyl (C=O) groups is 1. The number of nitrogens with zero attached hydrogens (tertiary/aromatic N) is 6. The van der Waals surface area contributed by atoms with Crippen LogP contribution in [0.2, 0.25) is 0 Å². The number of halogens is 1. The summed E-state index contributed by atoms with van der Waals surface area (Å²) in [5.41, 5.74) is 2.65. The summed E-state index contributed by atoms with van der Waals surface area (Å²) in [6.07, 6.45) is 6.94. The molecule has 0 bridgehead atoms. The second-order valence-corrected chi connectivity index (χ2v) is 8.91. The van der Waals surface area contributed by atoms with E-state index in [-0.39, 0.29) is 11.3 Å². The Morgan fingerprint density at radius 3 is 2.87 bits per heavy atom. The molecule has 0 aliphatic heterocycles. The maximum Gasteiger partial charge on any atom is 0.259 e. The van der Waals surface area contributed by atoms with Crippen molar-refractivity contribution in [2.45, 2.75) is 25.2 Å². The largest absolute Gasteiger partial charge is 0.322 e. The van der Waals surface area contributed by atoms with Gasteiger partial charge in [0.15, 0.2) is 5.65 Å². The highest BCUT2D eigenvalue weighted by atomic mass is 79.9. The minimum Gasteiger partial charge on any atom is -0.322 e. The van der Waals surface area contributed by atoms with Gasteiger partial charge in [-0.1, -0.05) is 19.1 Å². The van der Waals surface area contributed by atoms with Crippen LogP contribution in [0.4, 0.5) is 5.69 Å². The lowest BCUT2D eigenvalue weighted by molar-refractivity contribution is 0.102. The molecule has 9 heteroatoms. The van der Waals surface area contributed by atoms with Crippen LogP contribution < -0.4 is 5.32 Å². The molecule has 152 valence electrons. The van der Waals surface area contributed by atoms with E-state index in [0.29, 0.717) is 17.1 Å². The molecule has 1 saturated carbocycles. The zero-order valence-electron chi connectivity index (χ0n) is 16.6. The fourth-order valence-electron chi connectivity index (χ4n) is 4.55. The van der Waals surface area contributed by atoms with Gasteiger partial charge in [-0.15, -0.1) is 10.2 Å². The van der Waals surface area contributed by atoms with Crippen molar-refractivity contribution in [2.24, 2.45) is 13.0 Å². The number of carbonyl (C=O) groups excluding carboxylic acids is 1. The normalized spacial score (nSPS) is 20.8. The Balaban J connectivity index is 1.49. The standard InChI is InChI=1S/C21H20BrN7O/c1-13-8-21(9-13,20-27-24-12-28(20)2)14-4-3-5-16(6-14)26-19(30)17-7-15(22)10-29-18(17)23-11-25-29/h3-7,10-13H,8-9H2,1-2H3,(H,26,30). The average molecular weight is 466 g/mol. The maximum atomic E-state index is 13.0. The van der Waals surface area contributed by atoms with Crippen LogP contribution in [-0.2, 0) is 12.5 Å². The van der Waals surface area contributed by atoms with Crippen LogP contribution in [0.15, 0.2) is 53.7 Å². The first kappa shape index (κ1) is 18.9.